The predicted octanol–water partition coefficient (Wildman–Crippen LogP) is 3.90. The van der Waals surface area contributed by atoms with Gasteiger partial charge in [0.15, 0.2) is 5.13 Å². The van der Waals surface area contributed by atoms with Crippen molar-refractivity contribution in [2.24, 2.45) is 5.92 Å². The van der Waals surface area contributed by atoms with E-state index in [1.165, 1.54) is 29.2 Å². The summed E-state index contributed by atoms with van der Waals surface area (Å²) in [5, 5.41) is 3.45. The Morgan fingerprint density at radius 1 is 1.29 bits per heavy atom. The lowest BCUT2D eigenvalue weighted by molar-refractivity contribution is -0.126. The van der Waals surface area contributed by atoms with E-state index in [0.717, 1.165) is 21.9 Å². The van der Waals surface area contributed by atoms with Gasteiger partial charge in [-0.3, -0.25) is 14.4 Å². The maximum absolute atomic E-state index is 13.5. The van der Waals surface area contributed by atoms with Crippen molar-refractivity contribution in [2.75, 3.05) is 32.1 Å². The molecule has 34 heavy (non-hydrogen) atoms. The lowest BCUT2D eigenvalue weighted by atomic mass is 10.1. The molecule has 0 unspecified atom stereocenters. The molecule has 1 atom stereocenters. The minimum Gasteiger partial charge on any atom is -0.496 e. The molecular weight excluding hydrogens is 472 g/mol. The minimum absolute atomic E-state index is 0.0307. The van der Waals surface area contributed by atoms with Gasteiger partial charge in [0, 0.05) is 36.5 Å². The number of benzene rings is 1. The molecule has 0 spiro atoms. The number of carbonyl (C=O) groups excluding carboxylic acids is 3. The van der Waals surface area contributed by atoms with E-state index < -0.39 is 0 Å². The maximum atomic E-state index is 13.5. The Bertz CT molecular complexity index is 1100. The van der Waals surface area contributed by atoms with E-state index in [0.29, 0.717) is 42.5 Å². The van der Waals surface area contributed by atoms with Crippen LogP contribution in [0.1, 0.15) is 36.5 Å². The molecular formula is C24H28N4O4S2. The fourth-order valence-electron chi connectivity index (χ4n) is 3.90. The van der Waals surface area contributed by atoms with Gasteiger partial charge in [0.1, 0.15) is 5.75 Å². The molecule has 2 aliphatic rings. The number of methoxy groups -OCH3 is 1. The second-order valence-corrected chi connectivity index (χ2v) is 10.8. The molecule has 3 amide bonds. The quantitative estimate of drug-likeness (QED) is 0.580. The Morgan fingerprint density at radius 2 is 2.09 bits per heavy atom. The molecule has 1 saturated carbocycles. The van der Waals surface area contributed by atoms with E-state index in [4.69, 9.17) is 4.74 Å². The largest absolute Gasteiger partial charge is 0.496 e. The molecule has 0 radical (unpaired) electrons. The highest BCUT2D eigenvalue weighted by molar-refractivity contribution is 8.01. The number of ether oxygens (including phenoxy) is 1. The SMILES string of the molecule is C=CC(=O)N1CCCN(C(=O)c2cc(Sc3cnc(NC(=O)C4CC4)s3)ccc2OC)[C@@H](C)C1. The lowest BCUT2D eigenvalue weighted by Gasteiger charge is -2.29. The van der Waals surface area contributed by atoms with Gasteiger partial charge >= 0.3 is 0 Å². The van der Waals surface area contributed by atoms with Crippen molar-refractivity contribution in [3.8, 4) is 5.75 Å². The van der Waals surface area contributed by atoms with Crippen LogP contribution in [-0.4, -0.2) is 65.3 Å². The summed E-state index contributed by atoms with van der Waals surface area (Å²) < 4.78 is 6.40. The standard InChI is InChI=1S/C24H28N4O4S2/c1-4-20(29)27-10-5-11-28(15(2)14-27)23(31)18-12-17(8-9-19(18)32-3)33-21-13-25-24(34-21)26-22(30)16-6-7-16/h4,8-9,12-13,15-16H,1,5-7,10-11,14H2,2-3H3,(H,25,26,30)/t15-/m0/s1. The third-order valence-electron chi connectivity index (χ3n) is 5.87. The first-order valence-corrected chi connectivity index (χ1v) is 12.9. The highest BCUT2D eigenvalue weighted by atomic mass is 32.2. The van der Waals surface area contributed by atoms with Crippen molar-refractivity contribution in [3.05, 3.63) is 42.6 Å². The molecule has 4 rings (SSSR count). The van der Waals surface area contributed by atoms with Gasteiger partial charge in [0.25, 0.3) is 5.91 Å². The number of hydrogen-bond acceptors (Lipinski definition) is 7. The number of amides is 3. The van der Waals surface area contributed by atoms with E-state index in [1.807, 2.05) is 19.1 Å². The Labute approximate surface area is 207 Å². The van der Waals surface area contributed by atoms with Gasteiger partial charge in [0.05, 0.1) is 23.1 Å². The second-order valence-electron chi connectivity index (χ2n) is 8.40. The highest BCUT2D eigenvalue weighted by Gasteiger charge is 2.31. The van der Waals surface area contributed by atoms with Gasteiger partial charge in [-0.15, -0.1) is 0 Å². The van der Waals surface area contributed by atoms with Gasteiger partial charge in [0.2, 0.25) is 11.8 Å². The zero-order valence-corrected chi connectivity index (χ0v) is 20.9. The molecule has 2 fully saturated rings. The molecule has 0 bridgehead atoms. The van der Waals surface area contributed by atoms with Gasteiger partial charge in [-0.2, -0.15) is 0 Å². The van der Waals surface area contributed by atoms with E-state index in [1.54, 1.807) is 29.2 Å². The van der Waals surface area contributed by atoms with E-state index in [9.17, 15) is 14.4 Å². The van der Waals surface area contributed by atoms with Crippen LogP contribution in [0.5, 0.6) is 5.75 Å². The lowest BCUT2D eigenvalue weighted by Crippen LogP contribution is -2.43. The van der Waals surface area contributed by atoms with Crippen molar-refractivity contribution < 1.29 is 19.1 Å². The number of hydrogen-bond donors (Lipinski definition) is 1. The van der Waals surface area contributed by atoms with Gasteiger partial charge in [-0.05, 0) is 50.5 Å². The molecule has 10 heteroatoms. The number of anilines is 1. The van der Waals surface area contributed by atoms with Gasteiger partial charge < -0.3 is 19.9 Å². The fourth-order valence-corrected chi connectivity index (χ4v) is 5.79. The van der Waals surface area contributed by atoms with Crippen LogP contribution in [-0.2, 0) is 9.59 Å². The molecule has 1 aromatic heterocycles. The predicted molar refractivity (Wildman–Crippen MR) is 132 cm³/mol. The summed E-state index contributed by atoms with van der Waals surface area (Å²) in [4.78, 5) is 46.3. The molecule has 1 aliphatic carbocycles. The number of nitrogens with one attached hydrogen (secondary N) is 1. The number of nitrogens with zero attached hydrogens (tertiary/aromatic N) is 3. The number of aromatic nitrogens is 1. The Kier molecular flexibility index (Phi) is 7.57. The van der Waals surface area contributed by atoms with E-state index >= 15 is 0 Å². The van der Waals surface area contributed by atoms with Gasteiger partial charge in [-0.1, -0.05) is 29.7 Å². The van der Waals surface area contributed by atoms with Crippen molar-refractivity contribution in [2.45, 2.75) is 41.3 Å². The van der Waals surface area contributed by atoms with Crippen LogP contribution in [0.2, 0.25) is 0 Å². The summed E-state index contributed by atoms with van der Waals surface area (Å²) in [5.74, 6) is 0.420. The van der Waals surface area contributed by atoms with Crippen LogP contribution in [0.15, 0.2) is 46.2 Å². The molecule has 8 nitrogen and oxygen atoms in total. The maximum Gasteiger partial charge on any atom is 0.257 e. The summed E-state index contributed by atoms with van der Waals surface area (Å²) >= 11 is 2.89. The van der Waals surface area contributed by atoms with Crippen LogP contribution in [0.3, 0.4) is 0 Å². The zero-order valence-electron chi connectivity index (χ0n) is 19.3. The van der Waals surface area contributed by atoms with Crippen LogP contribution in [0, 0.1) is 5.92 Å². The van der Waals surface area contributed by atoms with Crippen molar-refractivity contribution in [3.63, 3.8) is 0 Å². The van der Waals surface area contributed by atoms with Crippen molar-refractivity contribution in [1.29, 1.82) is 0 Å². The average molecular weight is 501 g/mol. The van der Waals surface area contributed by atoms with Crippen LogP contribution in [0.25, 0.3) is 0 Å². The first-order valence-electron chi connectivity index (χ1n) is 11.2. The molecule has 1 aliphatic heterocycles. The molecule has 1 aromatic carbocycles. The smallest absolute Gasteiger partial charge is 0.257 e. The molecule has 180 valence electrons. The topological polar surface area (TPSA) is 91.8 Å². The first-order chi connectivity index (χ1) is 16.4. The number of thiazole rings is 1. The number of carbonyl (C=O) groups is 3. The van der Waals surface area contributed by atoms with Crippen molar-refractivity contribution in [1.82, 2.24) is 14.8 Å². The average Bonchev–Trinajstić information content (AvgIpc) is 3.63. The van der Waals surface area contributed by atoms with Gasteiger partial charge in [-0.25, -0.2) is 4.98 Å². The number of rotatable bonds is 7. The summed E-state index contributed by atoms with van der Waals surface area (Å²) in [6.45, 7) is 7.13. The first kappa shape index (κ1) is 24.3. The third-order valence-corrected chi connectivity index (χ3v) is 7.88. The molecule has 2 heterocycles. The summed E-state index contributed by atoms with van der Waals surface area (Å²) in [5.41, 5.74) is 0.481. The molecule has 1 saturated heterocycles. The Hall–Kier alpha value is -2.85. The van der Waals surface area contributed by atoms with Crippen molar-refractivity contribution >= 4 is 46.0 Å². The Morgan fingerprint density at radius 3 is 2.79 bits per heavy atom. The van der Waals surface area contributed by atoms with Crippen LogP contribution >= 0.6 is 23.1 Å². The Balaban J connectivity index is 1.49. The summed E-state index contributed by atoms with van der Waals surface area (Å²) in [6, 6.07) is 5.39. The van der Waals surface area contributed by atoms with Crippen LogP contribution < -0.4 is 10.1 Å². The zero-order chi connectivity index (χ0) is 24.2. The van der Waals surface area contributed by atoms with E-state index in [2.05, 4.69) is 16.9 Å². The third kappa shape index (κ3) is 5.61. The molecule has 2 aromatic rings. The minimum atomic E-state index is -0.140. The monoisotopic (exact) mass is 500 g/mol. The van der Waals surface area contributed by atoms with Crippen LogP contribution in [0.4, 0.5) is 5.13 Å². The summed E-state index contributed by atoms with van der Waals surface area (Å²) in [7, 11) is 1.55. The normalized spacial score (nSPS) is 18.2. The second kappa shape index (κ2) is 10.6. The van der Waals surface area contributed by atoms with E-state index in [-0.39, 0.29) is 29.7 Å². The highest BCUT2D eigenvalue weighted by Crippen LogP contribution is 2.37. The fraction of sp³-hybridized carbons (Fsp3) is 0.417. The molecule has 1 N–H and O–H groups in total. The summed E-state index contributed by atoms with van der Waals surface area (Å²) in [6.07, 6.45) is 5.63.